The summed E-state index contributed by atoms with van der Waals surface area (Å²) in [7, 11) is 0. The van der Waals surface area contributed by atoms with Crippen LogP contribution >= 0.6 is 11.3 Å². The minimum Gasteiger partial charge on any atom is -0.456 e. The second-order valence-corrected chi connectivity index (χ2v) is 10.5. The number of hydrogen-bond donors (Lipinski definition) is 0. The molecule has 0 saturated heterocycles. The van der Waals surface area contributed by atoms with E-state index in [1.165, 1.54) is 30.9 Å². The Morgan fingerprint density at radius 1 is 0.486 bits per heavy atom. The van der Waals surface area contributed by atoms with Gasteiger partial charge in [-0.15, -0.1) is 11.3 Å². The van der Waals surface area contributed by atoms with Crippen molar-refractivity contribution >= 4 is 81.3 Å². The van der Waals surface area contributed by atoms with Crippen molar-refractivity contribution < 1.29 is 4.42 Å². The molecule has 2 heterocycles. The van der Waals surface area contributed by atoms with Crippen LogP contribution in [0.1, 0.15) is 0 Å². The van der Waals surface area contributed by atoms with Crippen molar-refractivity contribution in [2.24, 2.45) is 0 Å². The molecule has 0 bridgehead atoms. The molecule has 3 heteroatoms. The maximum atomic E-state index is 6.24. The van der Waals surface area contributed by atoms with Gasteiger partial charge in [-0.3, -0.25) is 0 Å². The lowest BCUT2D eigenvalue weighted by molar-refractivity contribution is 0.669. The zero-order chi connectivity index (χ0) is 24.3. The summed E-state index contributed by atoms with van der Waals surface area (Å²) >= 11 is 1.86. The fourth-order valence-electron chi connectivity index (χ4n) is 5.54. The van der Waals surface area contributed by atoms with Crippen LogP contribution in [0.5, 0.6) is 0 Å². The van der Waals surface area contributed by atoms with Crippen LogP contribution in [0.2, 0.25) is 0 Å². The number of rotatable bonds is 3. The number of fused-ring (bicyclic) bond motifs is 7. The lowest BCUT2D eigenvalue weighted by Gasteiger charge is -2.26. The van der Waals surface area contributed by atoms with E-state index in [1.807, 2.05) is 23.5 Å². The van der Waals surface area contributed by atoms with Gasteiger partial charge in [-0.2, -0.15) is 0 Å². The minimum atomic E-state index is 0.896. The number of hydrogen-bond acceptors (Lipinski definition) is 3. The Morgan fingerprint density at radius 3 is 2.19 bits per heavy atom. The number of benzene rings is 6. The van der Waals surface area contributed by atoms with E-state index in [0.29, 0.717) is 0 Å². The first-order valence-electron chi connectivity index (χ1n) is 12.4. The van der Waals surface area contributed by atoms with Crippen molar-refractivity contribution in [3.05, 3.63) is 127 Å². The molecule has 37 heavy (non-hydrogen) atoms. The van der Waals surface area contributed by atoms with Gasteiger partial charge < -0.3 is 9.32 Å². The molecule has 0 unspecified atom stereocenters. The van der Waals surface area contributed by atoms with E-state index in [-0.39, 0.29) is 0 Å². The molecule has 174 valence electrons. The average Bonchev–Trinajstić information content (AvgIpc) is 3.51. The van der Waals surface area contributed by atoms with Gasteiger partial charge in [0, 0.05) is 36.9 Å². The molecular weight excluding hydrogens is 470 g/mol. The van der Waals surface area contributed by atoms with Crippen LogP contribution in [0.3, 0.4) is 0 Å². The van der Waals surface area contributed by atoms with Crippen molar-refractivity contribution in [1.82, 2.24) is 0 Å². The molecule has 8 aromatic rings. The molecule has 0 N–H and O–H groups in total. The predicted molar refractivity (Wildman–Crippen MR) is 159 cm³/mol. The molecule has 8 rings (SSSR count). The van der Waals surface area contributed by atoms with E-state index in [9.17, 15) is 0 Å². The van der Waals surface area contributed by atoms with Crippen LogP contribution in [0.4, 0.5) is 17.1 Å². The van der Waals surface area contributed by atoms with Crippen molar-refractivity contribution in [1.29, 1.82) is 0 Å². The van der Waals surface area contributed by atoms with E-state index in [2.05, 4.69) is 120 Å². The number of para-hydroxylation sites is 2. The van der Waals surface area contributed by atoms with Crippen LogP contribution in [0.15, 0.2) is 132 Å². The van der Waals surface area contributed by atoms with Crippen molar-refractivity contribution in [3.63, 3.8) is 0 Å². The van der Waals surface area contributed by atoms with Crippen LogP contribution in [0, 0.1) is 0 Å². The maximum Gasteiger partial charge on any atom is 0.137 e. The van der Waals surface area contributed by atoms with Crippen molar-refractivity contribution in [2.75, 3.05) is 4.90 Å². The summed E-state index contributed by atoms with van der Waals surface area (Å²) in [6.07, 6.45) is 0. The van der Waals surface area contributed by atoms with Gasteiger partial charge in [-0.1, -0.05) is 66.7 Å². The van der Waals surface area contributed by atoms with Gasteiger partial charge >= 0.3 is 0 Å². The highest BCUT2D eigenvalue weighted by Gasteiger charge is 2.19. The Morgan fingerprint density at radius 2 is 1.27 bits per heavy atom. The van der Waals surface area contributed by atoms with E-state index in [4.69, 9.17) is 4.42 Å². The highest BCUT2D eigenvalue weighted by atomic mass is 32.1. The van der Waals surface area contributed by atoms with Gasteiger partial charge in [0.15, 0.2) is 0 Å². The lowest BCUT2D eigenvalue weighted by atomic mass is 10.0. The summed E-state index contributed by atoms with van der Waals surface area (Å²) in [5.74, 6) is 0. The highest BCUT2D eigenvalue weighted by Crippen LogP contribution is 2.44. The molecular formula is C34H21NOS. The van der Waals surface area contributed by atoms with Gasteiger partial charge in [-0.05, 0) is 71.4 Å². The largest absolute Gasteiger partial charge is 0.456 e. The summed E-state index contributed by atoms with van der Waals surface area (Å²) in [6, 6.07) is 45.4. The van der Waals surface area contributed by atoms with Crippen LogP contribution in [0.25, 0.3) is 52.9 Å². The summed E-state index contributed by atoms with van der Waals surface area (Å²) in [6.45, 7) is 0. The van der Waals surface area contributed by atoms with Crippen LogP contribution in [-0.4, -0.2) is 0 Å². The Labute approximate surface area is 217 Å². The third-order valence-corrected chi connectivity index (χ3v) is 8.35. The van der Waals surface area contributed by atoms with Gasteiger partial charge in [0.1, 0.15) is 11.2 Å². The standard InChI is InChI=1S/C34H21NOS/c1-2-9-24(10-3-1)35(29-13-8-15-31-34(29)27-12-4-6-14-30(27)36-31)25-18-17-22-20-28-26-11-5-7-16-32(26)37-33(28)21-23(22)19-25/h1-21H. The number of furan rings is 1. The van der Waals surface area contributed by atoms with Gasteiger partial charge in [0.2, 0.25) is 0 Å². The van der Waals surface area contributed by atoms with Crippen molar-refractivity contribution in [3.8, 4) is 0 Å². The Kier molecular flexibility index (Phi) is 4.42. The van der Waals surface area contributed by atoms with E-state index in [0.717, 1.165) is 39.0 Å². The van der Waals surface area contributed by atoms with E-state index >= 15 is 0 Å². The topological polar surface area (TPSA) is 16.4 Å². The van der Waals surface area contributed by atoms with Gasteiger partial charge in [-0.25, -0.2) is 0 Å². The molecule has 0 aliphatic heterocycles. The Hall–Kier alpha value is -4.60. The molecule has 0 amide bonds. The second kappa shape index (κ2) is 7.95. The third-order valence-electron chi connectivity index (χ3n) is 7.21. The Bertz CT molecular complexity index is 2100. The molecule has 0 saturated carbocycles. The molecule has 0 aliphatic carbocycles. The molecule has 0 atom stereocenters. The molecule has 0 spiro atoms. The zero-order valence-corrected chi connectivity index (χ0v) is 20.7. The minimum absolute atomic E-state index is 0.896. The zero-order valence-electron chi connectivity index (χ0n) is 19.9. The molecule has 2 nitrogen and oxygen atoms in total. The first-order chi connectivity index (χ1) is 18.3. The number of thiophene rings is 1. The molecule has 0 aliphatic rings. The molecule has 2 aromatic heterocycles. The second-order valence-electron chi connectivity index (χ2n) is 9.40. The molecule has 0 fully saturated rings. The molecule has 6 aromatic carbocycles. The summed E-state index contributed by atoms with van der Waals surface area (Å²) in [4.78, 5) is 2.35. The average molecular weight is 492 g/mol. The first kappa shape index (κ1) is 20.6. The van der Waals surface area contributed by atoms with Gasteiger partial charge in [0.05, 0.1) is 11.1 Å². The lowest BCUT2D eigenvalue weighted by Crippen LogP contribution is -2.10. The summed E-state index contributed by atoms with van der Waals surface area (Å²) in [5, 5.41) is 7.40. The molecule has 0 radical (unpaired) electrons. The van der Waals surface area contributed by atoms with Crippen molar-refractivity contribution in [2.45, 2.75) is 0 Å². The number of anilines is 3. The maximum absolute atomic E-state index is 6.24. The normalized spacial score (nSPS) is 11.8. The fraction of sp³-hybridized carbons (Fsp3) is 0. The van der Waals surface area contributed by atoms with E-state index in [1.54, 1.807) is 0 Å². The fourth-order valence-corrected chi connectivity index (χ4v) is 6.68. The monoisotopic (exact) mass is 491 g/mol. The predicted octanol–water partition coefficient (Wildman–Crippen LogP) is 10.6. The van der Waals surface area contributed by atoms with Gasteiger partial charge in [0.25, 0.3) is 0 Å². The van der Waals surface area contributed by atoms with Crippen LogP contribution < -0.4 is 4.90 Å². The smallest absolute Gasteiger partial charge is 0.137 e. The summed E-state index contributed by atoms with van der Waals surface area (Å²) < 4.78 is 8.89. The third kappa shape index (κ3) is 3.18. The van der Waals surface area contributed by atoms with E-state index < -0.39 is 0 Å². The van der Waals surface area contributed by atoms with Crippen LogP contribution in [-0.2, 0) is 0 Å². The first-order valence-corrected chi connectivity index (χ1v) is 13.3. The quantitative estimate of drug-likeness (QED) is 0.244. The summed E-state index contributed by atoms with van der Waals surface area (Å²) in [5.41, 5.74) is 5.14. The number of nitrogens with zero attached hydrogens (tertiary/aromatic N) is 1. The highest BCUT2D eigenvalue weighted by molar-refractivity contribution is 7.25. The Balaban J connectivity index is 1.40. The SMILES string of the molecule is c1ccc(N(c2ccc3cc4c(cc3c2)sc2ccccc24)c2cccc3oc4ccccc4c23)cc1.